The molecule has 2 fully saturated rings. The lowest BCUT2D eigenvalue weighted by Gasteiger charge is -2.30. The number of nitriles is 1. The van der Waals surface area contributed by atoms with Crippen LogP contribution < -0.4 is 5.32 Å². The van der Waals surface area contributed by atoms with Gasteiger partial charge >= 0.3 is 0 Å². The molecule has 1 aliphatic carbocycles. The molecule has 0 atom stereocenters. The summed E-state index contributed by atoms with van der Waals surface area (Å²) in [6.07, 6.45) is 5.77. The van der Waals surface area contributed by atoms with Crippen molar-refractivity contribution in [1.82, 2.24) is 10.2 Å². The van der Waals surface area contributed by atoms with E-state index in [4.69, 9.17) is 5.26 Å². The Hall–Kier alpha value is -0.590. The summed E-state index contributed by atoms with van der Waals surface area (Å²) >= 11 is 0. The van der Waals surface area contributed by atoms with Gasteiger partial charge < -0.3 is 10.2 Å². The van der Waals surface area contributed by atoms with E-state index in [2.05, 4.69) is 23.3 Å². The third-order valence-corrected chi connectivity index (χ3v) is 3.90. The van der Waals surface area contributed by atoms with Crippen molar-refractivity contribution in [2.75, 3.05) is 26.7 Å². The zero-order chi connectivity index (χ0) is 10.7. The lowest BCUT2D eigenvalue weighted by molar-refractivity contribution is 0.228. The van der Waals surface area contributed by atoms with E-state index in [1.54, 1.807) is 0 Å². The molecule has 1 saturated carbocycles. The topological polar surface area (TPSA) is 39.1 Å². The van der Waals surface area contributed by atoms with Gasteiger partial charge in [0.15, 0.2) is 0 Å². The maximum Gasteiger partial charge on any atom is 0.0628 e. The molecule has 2 aliphatic rings. The average molecular weight is 207 g/mol. The molecule has 0 aromatic rings. The molecule has 1 heterocycles. The summed E-state index contributed by atoms with van der Waals surface area (Å²) in [5, 5.41) is 12.4. The minimum Gasteiger partial charge on any atom is -0.313 e. The summed E-state index contributed by atoms with van der Waals surface area (Å²) in [5.74, 6) is 0. The molecule has 2 rings (SSSR count). The van der Waals surface area contributed by atoms with Gasteiger partial charge in [-0.2, -0.15) is 5.26 Å². The Morgan fingerprint density at radius 1 is 1.40 bits per heavy atom. The number of nitrogens with zero attached hydrogens (tertiary/aromatic N) is 2. The van der Waals surface area contributed by atoms with E-state index in [0.29, 0.717) is 11.5 Å². The molecule has 0 unspecified atom stereocenters. The molecule has 3 heteroatoms. The largest absolute Gasteiger partial charge is 0.313 e. The van der Waals surface area contributed by atoms with E-state index in [9.17, 15) is 0 Å². The number of hydrogen-bond acceptors (Lipinski definition) is 3. The molecular formula is C12H21N3. The van der Waals surface area contributed by atoms with E-state index < -0.39 is 0 Å². The van der Waals surface area contributed by atoms with Gasteiger partial charge in [0.2, 0.25) is 0 Å². The van der Waals surface area contributed by atoms with E-state index in [-0.39, 0.29) is 0 Å². The first-order valence-corrected chi connectivity index (χ1v) is 6.03. The number of nitrogens with one attached hydrogen (secondary N) is 1. The van der Waals surface area contributed by atoms with Gasteiger partial charge in [-0.25, -0.2) is 0 Å². The molecule has 1 N–H and O–H groups in total. The second kappa shape index (κ2) is 4.51. The second-order valence-electron chi connectivity index (χ2n) is 5.29. The number of rotatable bonds is 4. The van der Waals surface area contributed by atoms with Crippen molar-refractivity contribution < 1.29 is 0 Å². The van der Waals surface area contributed by atoms with Crippen LogP contribution in [0.15, 0.2) is 0 Å². The molecule has 1 saturated heterocycles. The predicted molar refractivity (Wildman–Crippen MR) is 60.4 cm³/mol. The van der Waals surface area contributed by atoms with Crippen molar-refractivity contribution in [2.45, 2.75) is 38.1 Å². The van der Waals surface area contributed by atoms with Crippen molar-refractivity contribution >= 4 is 0 Å². The Labute approximate surface area is 92.4 Å². The smallest absolute Gasteiger partial charge is 0.0628 e. The van der Waals surface area contributed by atoms with Crippen LogP contribution in [-0.4, -0.2) is 37.6 Å². The Morgan fingerprint density at radius 3 is 2.60 bits per heavy atom. The minimum absolute atomic E-state index is 0.359. The van der Waals surface area contributed by atoms with Crippen molar-refractivity contribution in [1.29, 1.82) is 5.26 Å². The SMILES string of the molecule is CN1CCC(NCC2(CC#N)CC2)CC1. The molecule has 0 aromatic heterocycles. The fourth-order valence-corrected chi connectivity index (χ4v) is 2.33. The molecule has 15 heavy (non-hydrogen) atoms. The van der Waals surface area contributed by atoms with Crippen LogP contribution in [0.25, 0.3) is 0 Å². The van der Waals surface area contributed by atoms with E-state index in [1.165, 1.54) is 38.8 Å². The lowest BCUT2D eigenvalue weighted by atomic mass is 10.0. The highest BCUT2D eigenvalue weighted by atomic mass is 15.1. The van der Waals surface area contributed by atoms with Gasteiger partial charge in [0.05, 0.1) is 6.07 Å². The summed E-state index contributed by atoms with van der Waals surface area (Å²) < 4.78 is 0. The van der Waals surface area contributed by atoms with Gasteiger partial charge in [0.1, 0.15) is 0 Å². The van der Waals surface area contributed by atoms with Crippen LogP contribution in [0.2, 0.25) is 0 Å². The van der Waals surface area contributed by atoms with Crippen molar-refractivity contribution in [3.05, 3.63) is 0 Å². The van der Waals surface area contributed by atoms with Gasteiger partial charge in [-0.1, -0.05) is 0 Å². The van der Waals surface area contributed by atoms with Crippen LogP contribution >= 0.6 is 0 Å². The highest BCUT2D eigenvalue weighted by Gasteiger charge is 2.42. The zero-order valence-corrected chi connectivity index (χ0v) is 9.63. The highest BCUT2D eigenvalue weighted by Crippen LogP contribution is 2.47. The normalized spacial score (nSPS) is 26.1. The van der Waals surface area contributed by atoms with Gasteiger partial charge in [-0.05, 0) is 51.2 Å². The molecule has 84 valence electrons. The summed E-state index contributed by atoms with van der Waals surface area (Å²) in [6.45, 7) is 3.49. The van der Waals surface area contributed by atoms with Gasteiger partial charge in [0, 0.05) is 19.0 Å². The summed E-state index contributed by atoms with van der Waals surface area (Å²) in [7, 11) is 2.19. The maximum absolute atomic E-state index is 8.73. The van der Waals surface area contributed by atoms with Crippen molar-refractivity contribution in [2.24, 2.45) is 5.41 Å². The van der Waals surface area contributed by atoms with Crippen LogP contribution in [0.1, 0.15) is 32.1 Å². The first-order chi connectivity index (χ1) is 7.24. The molecule has 0 aromatic carbocycles. The average Bonchev–Trinajstić information content (AvgIpc) is 2.99. The predicted octanol–water partition coefficient (Wildman–Crippen LogP) is 1.36. The fraction of sp³-hybridized carbons (Fsp3) is 0.917. The van der Waals surface area contributed by atoms with E-state index in [0.717, 1.165) is 13.0 Å². The van der Waals surface area contributed by atoms with Crippen molar-refractivity contribution in [3.63, 3.8) is 0 Å². The van der Waals surface area contributed by atoms with E-state index >= 15 is 0 Å². The molecule has 1 aliphatic heterocycles. The summed E-state index contributed by atoms with van der Waals surface area (Å²) in [6, 6.07) is 3.01. The zero-order valence-electron chi connectivity index (χ0n) is 9.63. The number of piperidine rings is 1. The summed E-state index contributed by atoms with van der Waals surface area (Å²) in [4.78, 5) is 2.39. The molecule has 3 nitrogen and oxygen atoms in total. The molecule has 0 bridgehead atoms. The summed E-state index contributed by atoms with van der Waals surface area (Å²) in [5.41, 5.74) is 0.359. The first-order valence-electron chi connectivity index (χ1n) is 6.03. The Kier molecular flexibility index (Phi) is 3.28. The molecule has 0 radical (unpaired) electrons. The quantitative estimate of drug-likeness (QED) is 0.756. The lowest BCUT2D eigenvalue weighted by Crippen LogP contribution is -2.42. The Morgan fingerprint density at radius 2 is 2.07 bits per heavy atom. The van der Waals surface area contributed by atoms with Gasteiger partial charge in [0.25, 0.3) is 0 Å². The van der Waals surface area contributed by atoms with Crippen molar-refractivity contribution in [3.8, 4) is 6.07 Å². The Bertz CT molecular complexity index is 244. The first kappa shape index (κ1) is 10.9. The van der Waals surface area contributed by atoms with Crippen LogP contribution in [0.3, 0.4) is 0 Å². The maximum atomic E-state index is 8.73. The molecular weight excluding hydrogens is 186 g/mol. The number of hydrogen-bond donors (Lipinski definition) is 1. The monoisotopic (exact) mass is 207 g/mol. The highest BCUT2D eigenvalue weighted by molar-refractivity contribution is 5.01. The Balaban J connectivity index is 1.68. The van der Waals surface area contributed by atoms with Crippen LogP contribution in [0.5, 0.6) is 0 Å². The molecule has 0 amide bonds. The fourth-order valence-electron chi connectivity index (χ4n) is 2.33. The third-order valence-electron chi connectivity index (χ3n) is 3.90. The third kappa shape index (κ3) is 2.93. The standard InChI is InChI=1S/C12H21N3/c1-15-8-2-11(3-9-15)14-10-12(4-5-12)6-7-13/h11,14H,2-6,8-10H2,1H3. The van der Waals surface area contributed by atoms with Crippen LogP contribution in [0.4, 0.5) is 0 Å². The minimum atomic E-state index is 0.359. The number of likely N-dealkylation sites (tertiary alicyclic amines) is 1. The molecule has 0 spiro atoms. The van der Waals surface area contributed by atoms with Gasteiger partial charge in [-0.3, -0.25) is 0 Å². The van der Waals surface area contributed by atoms with Crippen LogP contribution in [0, 0.1) is 16.7 Å². The van der Waals surface area contributed by atoms with Crippen LogP contribution in [-0.2, 0) is 0 Å². The van der Waals surface area contributed by atoms with E-state index in [1.807, 2.05) is 0 Å². The second-order valence-corrected chi connectivity index (χ2v) is 5.29. The van der Waals surface area contributed by atoms with Gasteiger partial charge in [-0.15, -0.1) is 0 Å².